The van der Waals surface area contributed by atoms with Crippen LogP contribution in [0.5, 0.6) is 11.5 Å². The minimum atomic E-state index is -1.03. The van der Waals surface area contributed by atoms with E-state index in [1.165, 1.54) is 13.2 Å². The number of carbonyl (C=O) groups is 2. The average Bonchev–Trinajstić information content (AvgIpc) is 2.84. The summed E-state index contributed by atoms with van der Waals surface area (Å²) in [5.41, 5.74) is 1.69. The van der Waals surface area contributed by atoms with Gasteiger partial charge in [-0.3, -0.25) is 14.9 Å². The van der Waals surface area contributed by atoms with Crippen LogP contribution in [0.15, 0.2) is 66.7 Å². The molecule has 0 aromatic heterocycles. The number of amides is 1. The van der Waals surface area contributed by atoms with Gasteiger partial charge in [0.15, 0.2) is 18.1 Å². The topological polar surface area (TPSA) is 117 Å². The number of nitro groups is 1. The Morgan fingerprint density at radius 3 is 2.38 bits per heavy atom. The number of methoxy groups -OCH3 is 1. The minimum absolute atomic E-state index is 0.126. The predicted molar refractivity (Wildman–Crippen MR) is 125 cm³/mol. The zero-order valence-corrected chi connectivity index (χ0v) is 18.8. The molecule has 0 heterocycles. The molecule has 3 rings (SSSR count). The Bertz CT molecular complexity index is 1180. The molecule has 0 unspecified atom stereocenters. The molecule has 0 saturated heterocycles. The third kappa shape index (κ3) is 6.10. The lowest BCUT2D eigenvalue weighted by atomic mass is 10.0. The molecular weight excluding hydrogens is 440 g/mol. The maximum absolute atomic E-state index is 12.6. The lowest BCUT2D eigenvalue weighted by molar-refractivity contribution is -0.385. The van der Waals surface area contributed by atoms with E-state index in [1.54, 1.807) is 19.1 Å². The predicted octanol–water partition coefficient (Wildman–Crippen LogP) is 4.39. The first-order chi connectivity index (χ1) is 16.4. The lowest BCUT2D eigenvalue weighted by Gasteiger charge is -2.13. The molecule has 0 bridgehead atoms. The second-order valence-electron chi connectivity index (χ2n) is 7.15. The first-order valence-corrected chi connectivity index (χ1v) is 10.5. The number of para-hydroxylation sites is 1. The van der Waals surface area contributed by atoms with Crippen molar-refractivity contribution in [3.05, 3.63) is 93.5 Å². The van der Waals surface area contributed by atoms with E-state index in [-0.39, 0.29) is 23.7 Å². The zero-order chi connectivity index (χ0) is 24.5. The molecular formula is C25H24N2O7. The Morgan fingerprint density at radius 1 is 1.00 bits per heavy atom. The number of nitro benzene ring substituents is 1. The van der Waals surface area contributed by atoms with Crippen LogP contribution in [-0.4, -0.2) is 37.1 Å². The number of hydrogen-bond acceptors (Lipinski definition) is 7. The lowest BCUT2D eigenvalue weighted by Crippen LogP contribution is -2.22. The molecule has 176 valence electrons. The monoisotopic (exact) mass is 464 g/mol. The summed E-state index contributed by atoms with van der Waals surface area (Å²) in [6.07, 6.45) is 0.606. The molecule has 0 fully saturated rings. The minimum Gasteiger partial charge on any atom is -0.493 e. The number of nitrogens with one attached hydrogen (secondary N) is 1. The highest BCUT2D eigenvalue weighted by Crippen LogP contribution is 2.35. The van der Waals surface area contributed by atoms with Crippen LogP contribution in [0.3, 0.4) is 0 Å². The van der Waals surface area contributed by atoms with E-state index >= 15 is 0 Å². The van der Waals surface area contributed by atoms with Crippen molar-refractivity contribution in [1.82, 2.24) is 0 Å². The Kier molecular flexibility index (Phi) is 8.17. The fraction of sp³-hybridized carbons (Fsp3) is 0.200. The van der Waals surface area contributed by atoms with Crippen molar-refractivity contribution in [2.24, 2.45) is 0 Å². The second kappa shape index (κ2) is 11.5. The zero-order valence-electron chi connectivity index (χ0n) is 18.8. The van der Waals surface area contributed by atoms with Crippen LogP contribution in [0.4, 0.5) is 11.4 Å². The summed E-state index contributed by atoms with van der Waals surface area (Å²) in [5, 5.41) is 14.2. The fourth-order valence-corrected chi connectivity index (χ4v) is 3.30. The SMILES string of the molecule is CCOc1cc([N+](=O)[O-])c(C(=O)OCC(=O)Nc2ccccc2Cc2ccccc2)cc1OC. The number of carbonyl (C=O) groups excluding carboxylic acids is 2. The van der Waals surface area contributed by atoms with Gasteiger partial charge in [0.2, 0.25) is 0 Å². The maximum Gasteiger partial charge on any atom is 0.345 e. The van der Waals surface area contributed by atoms with Gasteiger partial charge in [0.1, 0.15) is 5.56 Å². The van der Waals surface area contributed by atoms with Crippen molar-refractivity contribution in [3.63, 3.8) is 0 Å². The van der Waals surface area contributed by atoms with Crippen molar-refractivity contribution in [2.45, 2.75) is 13.3 Å². The summed E-state index contributed by atoms with van der Waals surface area (Å²) in [6, 6.07) is 19.3. The summed E-state index contributed by atoms with van der Waals surface area (Å²) in [7, 11) is 1.35. The van der Waals surface area contributed by atoms with E-state index in [2.05, 4.69) is 5.32 Å². The van der Waals surface area contributed by atoms with Gasteiger partial charge in [-0.15, -0.1) is 0 Å². The van der Waals surface area contributed by atoms with E-state index in [0.717, 1.165) is 17.2 Å². The molecule has 0 saturated carbocycles. The number of esters is 1. The van der Waals surface area contributed by atoms with E-state index < -0.39 is 29.1 Å². The summed E-state index contributed by atoms with van der Waals surface area (Å²) in [6.45, 7) is 1.35. The van der Waals surface area contributed by atoms with Gasteiger partial charge in [-0.05, 0) is 30.5 Å². The van der Waals surface area contributed by atoms with Gasteiger partial charge >= 0.3 is 5.97 Å². The van der Waals surface area contributed by atoms with E-state index in [0.29, 0.717) is 12.1 Å². The highest BCUT2D eigenvalue weighted by atomic mass is 16.6. The molecule has 0 radical (unpaired) electrons. The van der Waals surface area contributed by atoms with Crippen LogP contribution < -0.4 is 14.8 Å². The van der Waals surface area contributed by atoms with Crippen LogP contribution in [0.1, 0.15) is 28.4 Å². The highest BCUT2D eigenvalue weighted by Gasteiger charge is 2.26. The summed E-state index contributed by atoms with van der Waals surface area (Å²) in [4.78, 5) is 35.8. The van der Waals surface area contributed by atoms with E-state index in [9.17, 15) is 19.7 Å². The molecule has 0 atom stereocenters. The molecule has 9 heteroatoms. The molecule has 0 spiro atoms. The number of hydrogen-bond donors (Lipinski definition) is 1. The normalized spacial score (nSPS) is 10.3. The van der Waals surface area contributed by atoms with Crippen LogP contribution in [0, 0.1) is 10.1 Å². The third-order valence-electron chi connectivity index (χ3n) is 4.86. The van der Waals surface area contributed by atoms with Gasteiger partial charge < -0.3 is 19.5 Å². The van der Waals surface area contributed by atoms with Gasteiger partial charge in [0, 0.05) is 11.8 Å². The number of anilines is 1. The van der Waals surface area contributed by atoms with Crippen molar-refractivity contribution >= 4 is 23.3 Å². The molecule has 0 aliphatic rings. The van der Waals surface area contributed by atoms with E-state index in [1.807, 2.05) is 42.5 Å². The van der Waals surface area contributed by atoms with Crippen LogP contribution >= 0.6 is 0 Å². The quantitative estimate of drug-likeness (QED) is 0.269. The second-order valence-corrected chi connectivity index (χ2v) is 7.15. The van der Waals surface area contributed by atoms with Crippen LogP contribution in [-0.2, 0) is 16.0 Å². The van der Waals surface area contributed by atoms with Crippen molar-refractivity contribution < 1.29 is 28.7 Å². The number of ether oxygens (including phenoxy) is 3. The van der Waals surface area contributed by atoms with Crippen molar-refractivity contribution in [3.8, 4) is 11.5 Å². The first kappa shape index (κ1) is 24.2. The maximum atomic E-state index is 12.6. The molecule has 0 aliphatic heterocycles. The summed E-state index contributed by atoms with van der Waals surface area (Å²) in [5.74, 6) is -1.34. The van der Waals surface area contributed by atoms with Gasteiger partial charge in [-0.2, -0.15) is 0 Å². The van der Waals surface area contributed by atoms with Crippen molar-refractivity contribution in [1.29, 1.82) is 0 Å². The molecule has 3 aromatic carbocycles. The summed E-state index contributed by atoms with van der Waals surface area (Å²) < 4.78 is 15.5. The molecule has 1 amide bonds. The Morgan fingerprint density at radius 2 is 1.71 bits per heavy atom. The highest BCUT2D eigenvalue weighted by molar-refractivity contribution is 5.98. The van der Waals surface area contributed by atoms with Crippen molar-refractivity contribution in [2.75, 3.05) is 25.6 Å². The van der Waals surface area contributed by atoms with Gasteiger partial charge in [0.05, 0.1) is 24.7 Å². The largest absolute Gasteiger partial charge is 0.493 e. The smallest absolute Gasteiger partial charge is 0.345 e. The Hall–Kier alpha value is -4.40. The standard InChI is InChI=1S/C25H24N2O7/c1-3-33-23-15-21(27(30)31)19(14-22(23)32-2)25(29)34-16-24(28)26-20-12-8-7-11-18(20)13-17-9-5-4-6-10-17/h4-12,14-15H,3,13,16H2,1-2H3,(H,26,28). The van der Waals surface area contributed by atoms with Crippen LogP contribution in [0.2, 0.25) is 0 Å². The van der Waals surface area contributed by atoms with Gasteiger partial charge in [0.25, 0.3) is 11.6 Å². The molecule has 9 nitrogen and oxygen atoms in total. The first-order valence-electron chi connectivity index (χ1n) is 10.5. The molecule has 0 aliphatic carbocycles. The summed E-state index contributed by atoms with van der Waals surface area (Å²) >= 11 is 0. The molecule has 34 heavy (non-hydrogen) atoms. The van der Waals surface area contributed by atoms with Gasteiger partial charge in [-0.1, -0.05) is 48.5 Å². The molecule has 3 aromatic rings. The van der Waals surface area contributed by atoms with E-state index in [4.69, 9.17) is 14.2 Å². The average molecular weight is 464 g/mol. The van der Waals surface area contributed by atoms with Crippen LogP contribution in [0.25, 0.3) is 0 Å². The Balaban J connectivity index is 1.70. The Labute approximate surface area is 196 Å². The molecule has 1 N–H and O–H groups in total. The number of rotatable bonds is 10. The number of benzene rings is 3. The van der Waals surface area contributed by atoms with Gasteiger partial charge in [-0.25, -0.2) is 4.79 Å². The number of nitrogens with zero attached hydrogens (tertiary/aromatic N) is 1. The third-order valence-corrected chi connectivity index (χ3v) is 4.86. The fourth-order valence-electron chi connectivity index (χ4n) is 3.30.